The zero-order valence-electron chi connectivity index (χ0n) is 11.0. The zero-order chi connectivity index (χ0) is 14.5. The van der Waals surface area contributed by atoms with Crippen LogP contribution in [0.4, 0.5) is 4.39 Å². The second kappa shape index (κ2) is 6.69. The molecule has 2 heterocycles. The van der Waals surface area contributed by atoms with Crippen LogP contribution in [0.2, 0.25) is 0 Å². The Balaban J connectivity index is 2.22. The van der Waals surface area contributed by atoms with Crippen molar-refractivity contribution >= 4 is 23.6 Å². The van der Waals surface area contributed by atoms with Crippen molar-refractivity contribution in [2.75, 3.05) is 24.7 Å². The summed E-state index contributed by atoms with van der Waals surface area (Å²) in [7, 11) is 0. The number of pyridine rings is 1. The van der Waals surface area contributed by atoms with E-state index in [1.54, 1.807) is 18.7 Å². The molecule has 1 atom stereocenters. The quantitative estimate of drug-likeness (QED) is 0.622. The Morgan fingerprint density at radius 1 is 1.60 bits per heavy atom. The second-order valence-corrected chi connectivity index (χ2v) is 5.33. The summed E-state index contributed by atoms with van der Waals surface area (Å²) in [6, 6.07) is 2.20. The van der Waals surface area contributed by atoms with E-state index in [2.05, 4.69) is 4.98 Å². The molecule has 0 aliphatic carbocycles. The number of thioether (sulfide) groups is 1. The molecule has 0 saturated carbocycles. The van der Waals surface area contributed by atoms with E-state index in [1.165, 1.54) is 23.2 Å². The van der Waals surface area contributed by atoms with Crippen LogP contribution in [0.3, 0.4) is 0 Å². The van der Waals surface area contributed by atoms with Gasteiger partial charge in [0.1, 0.15) is 6.04 Å². The molecule has 5 nitrogen and oxygen atoms in total. The molecular weight excluding hydrogens is 283 g/mol. The number of rotatable bonds is 3. The van der Waals surface area contributed by atoms with E-state index in [0.29, 0.717) is 18.1 Å². The molecule has 0 radical (unpaired) electrons. The Morgan fingerprint density at radius 3 is 3.10 bits per heavy atom. The molecule has 1 saturated heterocycles. The minimum Gasteiger partial charge on any atom is -0.464 e. The Morgan fingerprint density at radius 2 is 2.40 bits per heavy atom. The standard InChI is InChI=1S/C13H15FN2O3S/c1-2-19-13(18)10-8-20-7-6-16(10)12(17)9-4-3-5-15-11(9)14/h3-5,10H,2,6-8H2,1H3. The number of esters is 1. The largest absolute Gasteiger partial charge is 0.464 e. The maximum absolute atomic E-state index is 13.6. The number of halogens is 1. The molecule has 0 bridgehead atoms. The van der Waals surface area contributed by atoms with Crippen LogP contribution >= 0.6 is 11.8 Å². The first-order valence-corrected chi connectivity index (χ1v) is 7.46. The van der Waals surface area contributed by atoms with Gasteiger partial charge in [0, 0.05) is 24.2 Å². The third-order valence-corrected chi connectivity index (χ3v) is 3.96. The summed E-state index contributed by atoms with van der Waals surface area (Å²) in [6.07, 6.45) is 1.28. The first kappa shape index (κ1) is 14.8. The van der Waals surface area contributed by atoms with Gasteiger partial charge in [0.15, 0.2) is 0 Å². The van der Waals surface area contributed by atoms with Crippen LogP contribution in [0.25, 0.3) is 0 Å². The van der Waals surface area contributed by atoms with Gasteiger partial charge in [-0.25, -0.2) is 9.78 Å². The van der Waals surface area contributed by atoms with E-state index < -0.39 is 23.9 Å². The molecule has 108 valence electrons. The monoisotopic (exact) mass is 298 g/mol. The molecule has 1 aromatic rings. The Kier molecular flexibility index (Phi) is 4.94. The van der Waals surface area contributed by atoms with Gasteiger partial charge >= 0.3 is 5.97 Å². The molecule has 1 aliphatic rings. The highest BCUT2D eigenvalue weighted by Crippen LogP contribution is 2.20. The maximum atomic E-state index is 13.6. The van der Waals surface area contributed by atoms with Crippen LogP contribution in [-0.4, -0.2) is 52.5 Å². The molecule has 2 rings (SSSR count). The average Bonchev–Trinajstić information content (AvgIpc) is 2.47. The molecule has 1 unspecified atom stereocenters. The van der Waals surface area contributed by atoms with Gasteiger partial charge < -0.3 is 9.64 Å². The third-order valence-electron chi connectivity index (χ3n) is 2.94. The van der Waals surface area contributed by atoms with Gasteiger partial charge in [0.25, 0.3) is 5.91 Å². The van der Waals surface area contributed by atoms with Crippen LogP contribution in [0, 0.1) is 5.95 Å². The van der Waals surface area contributed by atoms with Crippen LogP contribution in [-0.2, 0) is 9.53 Å². The number of ether oxygens (including phenoxy) is 1. The summed E-state index contributed by atoms with van der Waals surface area (Å²) in [6.45, 7) is 2.35. The van der Waals surface area contributed by atoms with Gasteiger partial charge in [-0.2, -0.15) is 16.2 Å². The van der Waals surface area contributed by atoms with Crippen molar-refractivity contribution in [3.8, 4) is 0 Å². The minimum absolute atomic E-state index is 0.117. The van der Waals surface area contributed by atoms with Crippen LogP contribution in [0.15, 0.2) is 18.3 Å². The van der Waals surface area contributed by atoms with Crippen molar-refractivity contribution in [1.82, 2.24) is 9.88 Å². The fourth-order valence-corrected chi connectivity index (χ4v) is 3.01. The van der Waals surface area contributed by atoms with Crippen molar-refractivity contribution in [3.05, 3.63) is 29.8 Å². The lowest BCUT2D eigenvalue weighted by atomic mass is 10.2. The topological polar surface area (TPSA) is 59.5 Å². The maximum Gasteiger partial charge on any atom is 0.329 e. The molecule has 0 spiro atoms. The lowest BCUT2D eigenvalue weighted by Gasteiger charge is -2.33. The number of amides is 1. The fourth-order valence-electron chi connectivity index (χ4n) is 1.98. The third kappa shape index (κ3) is 3.09. The van der Waals surface area contributed by atoms with Gasteiger partial charge in [-0.05, 0) is 19.1 Å². The van der Waals surface area contributed by atoms with Crippen molar-refractivity contribution in [2.24, 2.45) is 0 Å². The predicted octanol–water partition coefficient (Wildman–Crippen LogP) is 1.34. The first-order chi connectivity index (χ1) is 9.65. The van der Waals surface area contributed by atoms with Crippen LogP contribution < -0.4 is 0 Å². The lowest BCUT2D eigenvalue weighted by molar-refractivity contribution is -0.147. The van der Waals surface area contributed by atoms with Gasteiger partial charge in [-0.15, -0.1) is 0 Å². The fraction of sp³-hybridized carbons (Fsp3) is 0.462. The highest BCUT2D eigenvalue weighted by Gasteiger charge is 2.35. The zero-order valence-corrected chi connectivity index (χ0v) is 11.9. The van der Waals surface area contributed by atoms with Crippen LogP contribution in [0.5, 0.6) is 0 Å². The molecule has 0 aromatic carbocycles. The lowest BCUT2D eigenvalue weighted by Crippen LogP contribution is -2.51. The molecule has 1 amide bonds. The molecule has 1 fully saturated rings. The summed E-state index contributed by atoms with van der Waals surface area (Å²) < 4.78 is 18.6. The highest BCUT2D eigenvalue weighted by molar-refractivity contribution is 7.99. The number of carbonyl (C=O) groups is 2. The number of carbonyl (C=O) groups excluding carboxylic acids is 2. The van der Waals surface area contributed by atoms with Crippen molar-refractivity contribution in [1.29, 1.82) is 0 Å². The van der Waals surface area contributed by atoms with Crippen molar-refractivity contribution in [2.45, 2.75) is 13.0 Å². The minimum atomic E-state index is -0.821. The summed E-state index contributed by atoms with van der Waals surface area (Å²) in [4.78, 5) is 29.1. The highest BCUT2D eigenvalue weighted by atomic mass is 32.2. The summed E-state index contributed by atoms with van der Waals surface area (Å²) in [5, 5.41) is 0. The first-order valence-electron chi connectivity index (χ1n) is 6.31. The van der Waals surface area contributed by atoms with Gasteiger partial charge in [-0.3, -0.25) is 4.79 Å². The van der Waals surface area contributed by atoms with E-state index in [-0.39, 0.29) is 12.2 Å². The molecule has 1 aromatic heterocycles. The van der Waals surface area contributed by atoms with E-state index >= 15 is 0 Å². The van der Waals surface area contributed by atoms with Crippen molar-refractivity contribution < 1.29 is 18.7 Å². The molecule has 1 aliphatic heterocycles. The number of hydrogen-bond donors (Lipinski definition) is 0. The summed E-state index contributed by atoms with van der Waals surface area (Å²) in [5.41, 5.74) is -0.117. The number of nitrogens with zero attached hydrogens (tertiary/aromatic N) is 2. The smallest absolute Gasteiger partial charge is 0.329 e. The van der Waals surface area contributed by atoms with Gasteiger partial charge in [-0.1, -0.05) is 0 Å². The Hall–Kier alpha value is -1.63. The predicted molar refractivity (Wildman–Crippen MR) is 73.0 cm³/mol. The van der Waals surface area contributed by atoms with E-state index in [0.717, 1.165) is 0 Å². The summed E-state index contributed by atoms with van der Waals surface area (Å²) in [5.74, 6) is -0.611. The molecular formula is C13H15FN2O3S. The van der Waals surface area contributed by atoms with Crippen molar-refractivity contribution in [3.63, 3.8) is 0 Å². The number of aromatic nitrogens is 1. The number of hydrogen-bond acceptors (Lipinski definition) is 5. The van der Waals surface area contributed by atoms with E-state index in [1.807, 2.05) is 0 Å². The second-order valence-electron chi connectivity index (χ2n) is 4.18. The van der Waals surface area contributed by atoms with Gasteiger partial charge in [0.2, 0.25) is 5.95 Å². The normalized spacial score (nSPS) is 18.7. The Bertz CT molecular complexity index is 512. The molecule has 20 heavy (non-hydrogen) atoms. The summed E-state index contributed by atoms with van der Waals surface area (Å²) >= 11 is 1.57. The SMILES string of the molecule is CCOC(=O)C1CSCCN1C(=O)c1cccnc1F. The van der Waals surface area contributed by atoms with E-state index in [9.17, 15) is 14.0 Å². The Labute approximate surface area is 120 Å². The van der Waals surface area contributed by atoms with Crippen LogP contribution in [0.1, 0.15) is 17.3 Å². The average molecular weight is 298 g/mol. The molecule has 7 heteroatoms. The van der Waals surface area contributed by atoms with Gasteiger partial charge in [0.05, 0.1) is 12.2 Å². The molecule has 0 N–H and O–H groups in total. The van der Waals surface area contributed by atoms with E-state index in [4.69, 9.17) is 4.74 Å².